The molecule has 2 rings (SSSR count). The van der Waals surface area contributed by atoms with Gasteiger partial charge in [0.1, 0.15) is 4.99 Å². The molecule has 2 aromatic rings. The third-order valence-electron chi connectivity index (χ3n) is 3.19. The highest BCUT2D eigenvalue weighted by atomic mass is 32.2. The maximum Gasteiger partial charge on any atom is 0.264 e. The summed E-state index contributed by atoms with van der Waals surface area (Å²) in [5, 5.41) is 0. The highest BCUT2D eigenvalue weighted by Gasteiger charge is 2.20. The molecule has 4 nitrogen and oxygen atoms in total. The van der Waals surface area contributed by atoms with Crippen LogP contribution in [-0.4, -0.2) is 20.5 Å². The van der Waals surface area contributed by atoms with Gasteiger partial charge in [-0.25, -0.2) is 8.42 Å². The van der Waals surface area contributed by atoms with Gasteiger partial charge in [-0.15, -0.1) is 0 Å². The first-order chi connectivity index (χ1) is 9.82. The molecule has 0 saturated heterocycles. The van der Waals surface area contributed by atoms with Gasteiger partial charge < -0.3 is 5.73 Å². The van der Waals surface area contributed by atoms with Gasteiger partial charge in [-0.2, -0.15) is 0 Å². The number of nitrogens with zero attached hydrogens (tertiary/aromatic N) is 1. The van der Waals surface area contributed by atoms with Crippen molar-refractivity contribution in [3.8, 4) is 0 Å². The summed E-state index contributed by atoms with van der Waals surface area (Å²) in [5.41, 5.74) is 7.80. The van der Waals surface area contributed by atoms with Crippen molar-refractivity contribution in [3.05, 3.63) is 59.7 Å². The molecule has 0 aromatic heterocycles. The summed E-state index contributed by atoms with van der Waals surface area (Å²) >= 11 is 4.88. The van der Waals surface area contributed by atoms with Crippen LogP contribution in [0.4, 0.5) is 5.69 Å². The molecule has 0 amide bonds. The Labute approximate surface area is 130 Å². The van der Waals surface area contributed by atoms with Gasteiger partial charge in [-0.1, -0.05) is 29.9 Å². The Hall–Kier alpha value is -1.92. The van der Waals surface area contributed by atoms with Crippen LogP contribution >= 0.6 is 12.2 Å². The molecule has 0 radical (unpaired) electrons. The molecule has 0 bridgehead atoms. The predicted molar refractivity (Wildman–Crippen MR) is 89.1 cm³/mol. The predicted octanol–water partition coefficient (Wildman–Crippen LogP) is 2.45. The molecule has 6 heteroatoms. The Morgan fingerprint density at radius 3 is 2.05 bits per heavy atom. The Balaban J connectivity index is 2.35. The minimum Gasteiger partial charge on any atom is -0.389 e. The van der Waals surface area contributed by atoms with Crippen molar-refractivity contribution in [1.82, 2.24) is 0 Å². The highest BCUT2D eigenvalue weighted by Crippen LogP contribution is 2.22. The van der Waals surface area contributed by atoms with Crippen LogP contribution in [0.5, 0.6) is 0 Å². The quantitative estimate of drug-likeness (QED) is 0.879. The fourth-order valence-corrected chi connectivity index (χ4v) is 3.17. The molecule has 2 N–H and O–H groups in total. The van der Waals surface area contributed by atoms with E-state index in [1.54, 1.807) is 48.5 Å². The lowest BCUT2D eigenvalue weighted by Crippen LogP contribution is -2.26. The molecule has 2 aromatic carbocycles. The normalized spacial score (nSPS) is 11.1. The van der Waals surface area contributed by atoms with Gasteiger partial charge in [0.2, 0.25) is 0 Å². The molecule has 0 spiro atoms. The second-order valence-corrected chi connectivity index (χ2v) is 7.11. The minimum absolute atomic E-state index is 0.258. The van der Waals surface area contributed by atoms with Crippen molar-refractivity contribution in [2.24, 2.45) is 5.73 Å². The Morgan fingerprint density at radius 2 is 1.57 bits per heavy atom. The molecule has 0 aliphatic heterocycles. The molecular formula is C15H16N2O2S2. The number of benzene rings is 2. The summed E-state index contributed by atoms with van der Waals surface area (Å²) in [6.45, 7) is 1.91. The lowest BCUT2D eigenvalue weighted by atomic mass is 10.2. The first-order valence-electron chi connectivity index (χ1n) is 6.28. The molecule has 0 aliphatic rings. The molecule has 110 valence electrons. The Kier molecular flexibility index (Phi) is 4.29. The first-order valence-corrected chi connectivity index (χ1v) is 8.12. The summed E-state index contributed by atoms with van der Waals surface area (Å²) in [6, 6.07) is 13.5. The van der Waals surface area contributed by atoms with E-state index in [1.807, 2.05) is 6.92 Å². The van der Waals surface area contributed by atoms with Gasteiger partial charge in [0, 0.05) is 12.6 Å². The standard InChI is InChI=1S/C15H16N2O2S2/c1-11-3-9-14(10-4-11)21(18,19)17(2)13-7-5-12(6-8-13)15(16)20/h3-10H,1-2H3,(H2,16,20). The maximum atomic E-state index is 12.5. The van der Waals surface area contributed by atoms with Crippen molar-refractivity contribution in [2.75, 3.05) is 11.4 Å². The SMILES string of the molecule is Cc1ccc(S(=O)(=O)N(C)c2ccc(C(N)=S)cc2)cc1. The van der Waals surface area contributed by atoms with Crippen molar-refractivity contribution >= 4 is 32.9 Å². The third-order valence-corrected chi connectivity index (χ3v) is 5.23. The van der Waals surface area contributed by atoms with Gasteiger partial charge in [0.25, 0.3) is 10.0 Å². The molecule has 0 aliphatic carbocycles. The zero-order valence-corrected chi connectivity index (χ0v) is 13.4. The summed E-state index contributed by atoms with van der Waals surface area (Å²) in [7, 11) is -2.05. The number of hydrogen-bond donors (Lipinski definition) is 1. The first kappa shape index (κ1) is 15.5. The van der Waals surface area contributed by atoms with E-state index in [-0.39, 0.29) is 9.88 Å². The zero-order chi connectivity index (χ0) is 15.6. The number of thiocarbonyl (C=S) groups is 1. The van der Waals surface area contributed by atoms with Crippen molar-refractivity contribution < 1.29 is 8.42 Å². The van der Waals surface area contributed by atoms with Crippen LogP contribution in [0.25, 0.3) is 0 Å². The van der Waals surface area contributed by atoms with Crippen LogP contribution in [-0.2, 0) is 10.0 Å². The lowest BCUT2D eigenvalue weighted by Gasteiger charge is -2.19. The van der Waals surface area contributed by atoms with Crippen LogP contribution in [0.15, 0.2) is 53.4 Å². The molecule has 21 heavy (non-hydrogen) atoms. The number of hydrogen-bond acceptors (Lipinski definition) is 3. The average Bonchev–Trinajstić information content (AvgIpc) is 2.47. The number of rotatable bonds is 4. The van der Waals surface area contributed by atoms with Gasteiger partial charge >= 0.3 is 0 Å². The maximum absolute atomic E-state index is 12.5. The van der Waals surface area contributed by atoms with E-state index >= 15 is 0 Å². The number of nitrogens with two attached hydrogens (primary N) is 1. The van der Waals surface area contributed by atoms with Crippen molar-refractivity contribution in [3.63, 3.8) is 0 Å². The summed E-state index contributed by atoms with van der Waals surface area (Å²) in [5.74, 6) is 0. The van der Waals surface area contributed by atoms with E-state index < -0.39 is 10.0 Å². The smallest absolute Gasteiger partial charge is 0.264 e. The third kappa shape index (κ3) is 3.22. The fraction of sp³-hybridized carbons (Fsp3) is 0.133. The van der Waals surface area contributed by atoms with Gasteiger partial charge in [-0.05, 0) is 43.3 Å². The lowest BCUT2D eigenvalue weighted by molar-refractivity contribution is 0.594. The molecule has 0 saturated carbocycles. The van der Waals surface area contributed by atoms with Gasteiger partial charge in [-0.3, -0.25) is 4.31 Å². The molecular weight excluding hydrogens is 304 g/mol. The van der Waals surface area contributed by atoms with Crippen LogP contribution in [0.1, 0.15) is 11.1 Å². The summed E-state index contributed by atoms with van der Waals surface area (Å²) in [4.78, 5) is 0.541. The van der Waals surface area contributed by atoms with E-state index in [9.17, 15) is 8.42 Å². The Bertz CT molecular complexity index is 751. The molecule has 0 heterocycles. The molecule has 0 atom stereocenters. The van der Waals surface area contributed by atoms with Crippen molar-refractivity contribution in [2.45, 2.75) is 11.8 Å². The van der Waals surface area contributed by atoms with E-state index in [1.165, 1.54) is 11.4 Å². The molecule has 0 unspecified atom stereocenters. The van der Waals surface area contributed by atoms with E-state index in [0.717, 1.165) is 5.56 Å². The largest absolute Gasteiger partial charge is 0.389 e. The minimum atomic E-state index is -3.57. The summed E-state index contributed by atoms with van der Waals surface area (Å²) < 4.78 is 26.3. The molecule has 0 fully saturated rings. The van der Waals surface area contributed by atoms with Crippen LogP contribution in [0, 0.1) is 6.92 Å². The van der Waals surface area contributed by atoms with Crippen LogP contribution in [0.3, 0.4) is 0 Å². The number of sulfonamides is 1. The van der Waals surface area contributed by atoms with Crippen molar-refractivity contribution in [1.29, 1.82) is 0 Å². The van der Waals surface area contributed by atoms with E-state index in [4.69, 9.17) is 18.0 Å². The van der Waals surface area contributed by atoms with E-state index in [0.29, 0.717) is 11.3 Å². The second kappa shape index (κ2) is 5.83. The topological polar surface area (TPSA) is 63.4 Å². The monoisotopic (exact) mass is 320 g/mol. The highest BCUT2D eigenvalue weighted by molar-refractivity contribution is 7.92. The zero-order valence-electron chi connectivity index (χ0n) is 11.8. The fourth-order valence-electron chi connectivity index (χ4n) is 1.84. The summed E-state index contributed by atoms with van der Waals surface area (Å²) in [6.07, 6.45) is 0. The van der Waals surface area contributed by atoms with Crippen LogP contribution in [0.2, 0.25) is 0 Å². The average molecular weight is 320 g/mol. The van der Waals surface area contributed by atoms with Gasteiger partial charge in [0.15, 0.2) is 0 Å². The van der Waals surface area contributed by atoms with Crippen LogP contribution < -0.4 is 10.0 Å². The second-order valence-electron chi connectivity index (χ2n) is 4.70. The van der Waals surface area contributed by atoms with Gasteiger partial charge in [0.05, 0.1) is 10.6 Å². The Morgan fingerprint density at radius 1 is 1.05 bits per heavy atom. The van der Waals surface area contributed by atoms with E-state index in [2.05, 4.69) is 0 Å². The number of anilines is 1. The number of aryl methyl sites for hydroxylation is 1.